The summed E-state index contributed by atoms with van der Waals surface area (Å²) in [5, 5.41) is 4.09. The number of hydrogen-bond donors (Lipinski definition) is 1. The summed E-state index contributed by atoms with van der Waals surface area (Å²) in [7, 11) is -3.63. The second-order valence-corrected chi connectivity index (χ2v) is 8.63. The second kappa shape index (κ2) is 9.56. The van der Waals surface area contributed by atoms with Gasteiger partial charge in [-0.2, -0.15) is 5.10 Å². The van der Waals surface area contributed by atoms with Gasteiger partial charge in [0.25, 0.3) is 5.91 Å². The molecule has 0 heterocycles. The molecule has 0 spiro atoms. The Bertz CT molecular complexity index is 999. The van der Waals surface area contributed by atoms with Crippen LogP contribution >= 0.6 is 0 Å². The fraction of sp³-hybridized carbons (Fsp3) is 0.333. The SMILES string of the molecule is CCOc1ccc(/C(C)=N\NC(=O)CN(c2ccc(C)c(C)c2)S(C)(=O)=O)cc1. The first-order chi connectivity index (χ1) is 13.6. The van der Waals surface area contributed by atoms with Gasteiger partial charge in [-0.05, 0) is 80.8 Å². The molecule has 0 fully saturated rings. The average molecular weight is 418 g/mol. The molecule has 0 unspecified atom stereocenters. The molecule has 8 heteroatoms. The monoisotopic (exact) mass is 417 g/mol. The fourth-order valence-corrected chi connectivity index (χ4v) is 3.46. The fourth-order valence-electron chi connectivity index (χ4n) is 2.62. The van der Waals surface area contributed by atoms with Gasteiger partial charge in [0.1, 0.15) is 12.3 Å². The zero-order chi connectivity index (χ0) is 21.6. The van der Waals surface area contributed by atoms with Gasteiger partial charge in [-0.25, -0.2) is 13.8 Å². The van der Waals surface area contributed by atoms with Gasteiger partial charge < -0.3 is 4.74 Å². The number of aryl methyl sites for hydroxylation is 2. The largest absolute Gasteiger partial charge is 0.494 e. The topological polar surface area (TPSA) is 88.1 Å². The van der Waals surface area contributed by atoms with Crippen molar-refractivity contribution in [3.05, 3.63) is 59.2 Å². The molecule has 2 rings (SSSR count). The van der Waals surface area contributed by atoms with Crippen LogP contribution in [-0.2, 0) is 14.8 Å². The lowest BCUT2D eigenvalue weighted by Crippen LogP contribution is -2.39. The van der Waals surface area contributed by atoms with Crippen molar-refractivity contribution in [2.75, 3.05) is 23.7 Å². The summed E-state index contributed by atoms with van der Waals surface area (Å²) < 4.78 is 30.9. The van der Waals surface area contributed by atoms with Crippen molar-refractivity contribution in [2.24, 2.45) is 5.10 Å². The highest BCUT2D eigenvalue weighted by Crippen LogP contribution is 2.21. The van der Waals surface area contributed by atoms with Crippen LogP contribution in [0, 0.1) is 13.8 Å². The van der Waals surface area contributed by atoms with E-state index in [1.54, 1.807) is 19.1 Å². The number of carbonyl (C=O) groups excluding carboxylic acids is 1. The predicted molar refractivity (Wildman–Crippen MR) is 116 cm³/mol. The molecule has 0 bridgehead atoms. The third-order valence-electron chi connectivity index (χ3n) is 4.40. The molecule has 0 aliphatic rings. The van der Waals surface area contributed by atoms with Gasteiger partial charge in [-0.1, -0.05) is 6.07 Å². The molecular formula is C21H27N3O4S. The number of nitrogens with zero attached hydrogens (tertiary/aromatic N) is 2. The third kappa shape index (κ3) is 6.32. The summed E-state index contributed by atoms with van der Waals surface area (Å²) in [4.78, 5) is 12.4. The van der Waals surface area contributed by atoms with Gasteiger partial charge in [-0.15, -0.1) is 0 Å². The van der Waals surface area contributed by atoms with Gasteiger partial charge in [0.05, 0.1) is 24.3 Å². The molecule has 0 saturated heterocycles. The Morgan fingerprint density at radius 3 is 2.31 bits per heavy atom. The molecule has 1 amide bonds. The smallest absolute Gasteiger partial charge is 0.260 e. The number of anilines is 1. The lowest BCUT2D eigenvalue weighted by Gasteiger charge is -2.22. The van der Waals surface area contributed by atoms with Crippen LogP contribution in [0.1, 0.15) is 30.5 Å². The summed E-state index contributed by atoms with van der Waals surface area (Å²) in [5.41, 5.74) is 6.28. The number of hydrazone groups is 1. The first kappa shape index (κ1) is 22.4. The van der Waals surface area contributed by atoms with Gasteiger partial charge in [-0.3, -0.25) is 9.10 Å². The Hall–Kier alpha value is -2.87. The van der Waals surface area contributed by atoms with Crippen molar-refractivity contribution in [1.82, 2.24) is 5.43 Å². The number of hydrogen-bond acceptors (Lipinski definition) is 5. The van der Waals surface area contributed by atoms with Crippen molar-refractivity contribution < 1.29 is 17.9 Å². The third-order valence-corrected chi connectivity index (χ3v) is 5.54. The first-order valence-electron chi connectivity index (χ1n) is 9.23. The van der Waals surface area contributed by atoms with Crippen molar-refractivity contribution >= 4 is 27.3 Å². The number of carbonyl (C=O) groups is 1. The minimum absolute atomic E-state index is 0.360. The molecule has 0 aliphatic carbocycles. The van der Waals surface area contributed by atoms with E-state index in [0.29, 0.717) is 18.0 Å². The van der Waals surface area contributed by atoms with E-state index in [9.17, 15) is 13.2 Å². The minimum atomic E-state index is -3.63. The van der Waals surface area contributed by atoms with Crippen LogP contribution in [0.3, 0.4) is 0 Å². The Labute approximate surface area is 172 Å². The second-order valence-electron chi connectivity index (χ2n) is 6.73. The molecule has 156 valence electrons. The molecule has 7 nitrogen and oxygen atoms in total. The number of sulfonamides is 1. The highest BCUT2D eigenvalue weighted by Gasteiger charge is 2.21. The summed E-state index contributed by atoms with van der Waals surface area (Å²) in [6.07, 6.45) is 1.07. The maximum Gasteiger partial charge on any atom is 0.260 e. The van der Waals surface area contributed by atoms with Crippen LogP contribution in [0.4, 0.5) is 5.69 Å². The molecule has 29 heavy (non-hydrogen) atoms. The molecule has 0 radical (unpaired) electrons. The first-order valence-corrected chi connectivity index (χ1v) is 11.1. The normalized spacial score (nSPS) is 11.8. The van der Waals surface area contributed by atoms with Crippen LogP contribution in [0.2, 0.25) is 0 Å². The minimum Gasteiger partial charge on any atom is -0.494 e. The Balaban J connectivity index is 2.11. The number of rotatable bonds is 8. The molecule has 2 aromatic rings. The van der Waals surface area contributed by atoms with Crippen molar-refractivity contribution in [3.63, 3.8) is 0 Å². The number of amides is 1. The Morgan fingerprint density at radius 1 is 1.10 bits per heavy atom. The number of nitrogens with one attached hydrogen (secondary N) is 1. The lowest BCUT2D eigenvalue weighted by atomic mass is 10.1. The summed E-state index contributed by atoms with van der Waals surface area (Å²) in [6.45, 7) is 7.72. The molecule has 0 atom stereocenters. The highest BCUT2D eigenvalue weighted by atomic mass is 32.2. The van der Waals surface area contributed by atoms with Gasteiger partial charge in [0.2, 0.25) is 10.0 Å². The Morgan fingerprint density at radius 2 is 1.76 bits per heavy atom. The van der Waals surface area contributed by atoms with Crippen molar-refractivity contribution in [1.29, 1.82) is 0 Å². The van der Waals surface area contributed by atoms with Gasteiger partial charge >= 0.3 is 0 Å². The predicted octanol–water partition coefficient (Wildman–Crippen LogP) is 3.01. The maximum atomic E-state index is 12.4. The molecule has 0 aromatic heterocycles. The van der Waals surface area contributed by atoms with Crippen molar-refractivity contribution in [2.45, 2.75) is 27.7 Å². The Kier molecular flexibility index (Phi) is 7.39. The molecule has 0 saturated carbocycles. The lowest BCUT2D eigenvalue weighted by molar-refractivity contribution is -0.119. The zero-order valence-electron chi connectivity index (χ0n) is 17.4. The van der Waals surface area contributed by atoms with Crippen LogP contribution in [0.5, 0.6) is 5.75 Å². The molecule has 1 N–H and O–H groups in total. The molecule has 2 aromatic carbocycles. The van der Waals surface area contributed by atoms with Crippen LogP contribution in [0.15, 0.2) is 47.6 Å². The molecule has 0 aliphatic heterocycles. The van der Waals surface area contributed by atoms with E-state index in [-0.39, 0.29) is 6.54 Å². The van der Waals surface area contributed by atoms with Crippen LogP contribution in [0.25, 0.3) is 0 Å². The average Bonchev–Trinajstić information content (AvgIpc) is 2.66. The van der Waals surface area contributed by atoms with E-state index < -0.39 is 15.9 Å². The summed E-state index contributed by atoms with van der Waals surface area (Å²) in [5.74, 6) is 0.226. The summed E-state index contributed by atoms with van der Waals surface area (Å²) in [6, 6.07) is 12.6. The number of ether oxygens (including phenoxy) is 1. The van der Waals surface area contributed by atoms with Crippen molar-refractivity contribution in [3.8, 4) is 5.75 Å². The standard InChI is InChI=1S/C21H27N3O4S/c1-6-28-20-11-8-18(9-12-20)17(4)22-23-21(25)14-24(29(5,26)27)19-10-7-15(2)16(3)13-19/h7-13H,6,14H2,1-5H3,(H,23,25)/b22-17-. The maximum absolute atomic E-state index is 12.4. The zero-order valence-corrected chi connectivity index (χ0v) is 18.2. The van der Waals surface area contributed by atoms with E-state index in [1.807, 2.05) is 51.1 Å². The van der Waals surface area contributed by atoms with Gasteiger partial charge in [0.15, 0.2) is 0 Å². The van der Waals surface area contributed by atoms with Crippen LogP contribution in [-0.4, -0.2) is 39.4 Å². The van der Waals surface area contributed by atoms with E-state index in [1.165, 1.54) is 0 Å². The quantitative estimate of drug-likeness (QED) is 0.528. The van der Waals surface area contributed by atoms with E-state index in [2.05, 4.69) is 10.5 Å². The summed E-state index contributed by atoms with van der Waals surface area (Å²) >= 11 is 0. The number of benzene rings is 2. The van der Waals surface area contributed by atoms with E-state index in [4.69, 9.17) is 4.74 Å². The van der Waals surface area contributed by atoms with E-state index in [0.717, 1.165) is 33.0 Å². The van der Waals surface area contributed by atoms with E-state index >= 15 is 0 Å². The molecular weight excluding hydrogens is 390 g/mol. The highest BCUT2D eigenvalue weighted by molar-refractivity contribution is 7.92. The van der Waals surface area contributed by atoms with Crippen LogP contribution < -0.4 is 14.5 Å². The van der Waals surface area contributed by atoms with Gasteiger partial charge in [0, 0.05) is 0 Å².